The molecule has 7 heteroatoms. The van der Waals surface area contributed by atoms with E-state index in [0.717, 1.165) is 42.3 Å². The number of nitrogens with zero attached hydrogens (tertiary/aromatic N) is 2. The number of hydrogen-bond acceptors (Lipinski definition) is 5. The summed E-state index contributed by atoms with van der Waals surface area (Å²) in [6.45, 7) is 8.38. The zero-order valence-electron chi connectivity index (χ0n) is 17.2. The molecule has 2 aromatic rings. The van der Waals surface area contributed by atoms with Gasteiger partial charge in [0.25, 0.3) is 5.56 Å². The van der Waals surface area contributed by atoms with Gasteiger partial charge in [0.1, 0.15) is 4.83 Å². The Hall–Kier alpha value is -1.60. The van der Waals surface area contributed by atoms with Crippen molar-refractivity contribution in [1.82, 2.24) is 14.9 Å². The number of aromatic nitrogens is 2. The van der Waals surface area contributed by atoms with E-state index in [1.165, 1.54) is 35.0 Å². The smallest absolute Gasteiger partial charge is 0.263 e. The van der Waals surface area contributed by atoms with Crippen molar-refractivity contribution in [2.24, 2.45) is 5.92 Å². The Bertz CT molecular complexity index is 988. The lowest BCUT2D eigenvalue weighted by Gasteiger charge is -2.18. The second-order valence-corrected chi connectivity index (χ2v) is 10.8. The average Bonchev–Trinajstić information content (AvgIpc) is 3.31. The van der Waals surface area contributed by atoms with Crippen molar-refractivity contribution in [2.45, 2.75) is 81.8 Å². The van der Waals surface area contributed by atoms with Gasteiger partial charge < -0.3 is 5.32 Å². The van der Waals surface area contributed by atoms with Crippen molar-refractivity contribution in [3.05, 3.63) is 33.4 Å². The number of thioether (sulfide) groups is 1. The zero-order valence-corrected chi connectivity index (χ0v) is 18.8. The number of nitrogens with one attached hydrogen (secondary N) is 1. The summed E-state index contributed by atoms with van der Waals surface area (Å²) in [5.74, 6) is 0.680. The van der Waals surface area contributed by atoms with Crippen LogP contribution in [0.15, 0.2) is 22.6 Å². The van der Waals surface area contributed by atoms with Crippen LogP contribution in [0.4, 0.5) is 0 Å². The molecule has 156 valence electrons. The fourth-order valence-electron chi connectivity index (χ4n) is 4.39. The number of hydrogen-bond donors (Lipinski definition) is 1. The summed E-state index contributed by atoms with van der Waals surface area (Å²) in [6.07, 6.45) is 9.32. The Morgan fingerprint density at radius 2 is 2.17 bits per heavy atom. The first-order valence-electron chi connectivity index (χ1n) is 10.6. The van der Waals surface area contributed by atoms with Crippen LogP contribution in [0.25, 0.3) is 10.2 Å². The SMILES string of the molecule is C=CCn1c(S[C@H](C)C(=O)NC2CCCC2)nc2sc3c(c2c1=O)CC[C@@H](C)C3. The summed E-state index contributed by atoms with van der Waals surface area (Å²) in [5, 5.41) is 4.25. The molecule has 0 aromatic carbocycles. The summed E-state index contributed by atoms with van der Waals surface area (Å²) in [5.41, 5.74) is 1.20. The van der Waals surface area contributed by atoms with Gasteiger partial charge in [-0.25, -0.2) is 4.98 Å². The van der Waals surface area contributed by atoms with Crippen LogP contribution in [-0.2, 0) is 24.2 Å². The number of rotatable bonds is 6. The lowest BCUT2D eigenvalue weighted by atomic mass is 9.89. The predicted molar refractivity (Wildman–Crippen MR) is 121 cm³/mol. The van der Waals surface area contributed by atoms with Gasteiger partial charge in [0.2, 0.25) is 5.91 Å². The van der Waals surface area contributed by atoms with Gasteiger partial charge in [-0.1, -0.05) is 37.6 Å². The Labute approximate surface area is 180 Å². The monoisotopic (exact) mass is 431 g/mol. The minimum Gasteiger partial charge on any atom is -0.352 e. The van der Waals surface area contributed by atoms with Crippen LogP contribution in [0, 0.1) is 5.92 Å². The van der Waals surface area contributed by atoms with Crippen molar-refractivity contribution >= 4 is 39.2 Å². The number of carbonyl (C=O) groups is 1. The molecule has 1 saturated carbocycles. The standard InChI is InChI=1S/C22H29N3O2S2/c1-4-11-25-21(27)18-16-10-9-13(2)12-17(16)29-20(18)24-22(25)28-14(3)19(26)23-15-7-5-6-8-15/h4,13-15H,1,5-12H2,2-3H3,(H,23,26)/t13-,14-/m1/s1. The third-order valence-electron chi connectivity index (χ3n) is 6.04. The average molecular weight is 432 g/mol. The Morgan fingerprint density at radius 1 is 1.41 bits per heavy atom. The van der Waals surface area contributed by atoms with E-state index in [-0.39, 0.29) is 16.7 Å². The van der Waals surface area contributed by atoms with Crippen molar-refractivity contribution in [2.75, 3.05) is 0 Å². The van der Waals surface area contributed by atoms with Crippen LogP contribution >= 0.6 is 23.1 Å². The molecule has 1 fully saturated rings. The van der Waals surface area contributed by atoms with Crippen molar-refractivity contribution in [1.29, 1.82) is 0 Å². The van der Waals surface area contributed by atoms with E-state index in [1.54, 1.807) is 22.0 Å². The number of fused-ring (bicyclic) bond motifs is 3. The molecule has 2 aromatic heterocycles. The summed E-state index contributed by atoms with van der Waals surface area (Å²) in [7, 11) is 0. The van der Waals surface area contributed by atoms with E-state index in [4.69, 9.17) is 4.98 Å². The third kappa shape index (κ3) is 4.17. The molecular formula is C22H29N3O2S2. The van der Waals surface area contributed by atoms with Gasteiger partial charge in [-0.3, -0.25) is 14.2 Å². The highest BCUT2D eigenvalue weighted by Gasteiger charge is 2.27. The summed E-state index contributed by atoms with van der Waals surface area (Å²) in [6, 6.07) is 0.294. The molecule has 5 nitrogen and oxygen atoms in total. The summed E-state index contributed by atoms with van der Waals surface area (Å²) < 4.78 is 1.68. The van der Waals surface area contributed by atoms with E-state index < -0.39 is 0 Å². The minimum atomic E-state index is -0.300. The highest BCUT2D eigenvalue weighted by atomic mass is 32.2. The van der Waals surface area contributed by atoms with Gasteiger partial charge in [-0.15, -0.1) is 17.9 Å². The molecule has 29 heavy (non-hydrogen) atoms. The Balaban J connectivity index is 1.66. The predicted octanol–water partition coefficient (Wildman–Crippen LogP) is 4.31. The van der Waals surface area contributed by atoms with Crippen LogP contribution in [0.3, 0.4) is 0 Å². The van der Waals surface area contributed by atoms with Gasteiger partial charge in [0, 0.05) is 17.5 Å². The Kier molecular flexibility index (Phi) is 6.16. The van der Waals surface area contributed by atoms with Crippen LogP contribution in [-0.4, -0.2) is 26.8 Å². The molecule has 2 aliphatic rings. The van der Waals surface area contributed by atoms with E-state index >= 15 is 0 Å². The molecule has 1 N–H and O–H groups in total. The molecule has 0 unspecified atom stereocenters. The number of thiophene rings is 1. The molecule has 0 spiro atoms. The van der Waals surface area contributed by atoms with Gasteiger partial charge in [-0.2, -0.15) is 0 Å². The van der Waals surface area contributed by atoms with Crippen LogP contribution < -0.4 is 10.9 Å². The molecular weight excluding hydrogens is 402 g/mol. The highest BCUT2D eigenvalue weighted by molar-refractivity contribution is 8.00. The Morgan fingerprint density at radius 3 is 2.90 bits per heavy atom. The topological polar surface area (TPSA) is 64.0 Å². The molecule has 0 saturated heterocycles. The second kappa shape index (κ2) is 8.64. The molecule has 0 bridgehead atoms. The molecule has 2 aliphatic carbocycles. The van der Waals surface area contributed by atoms with Crippen LogP contribution in [0.1, 0.15) is 56.4 Å². The molecule has 2 heterocycles. The third-order valence-corrected chi connectivity index (χ3v) is 8.28. The largest absolute Gasteiger partial charge is 0.352 e. The van der Waals surface area contributed by atoms with Crippen molar-refractivity contribution < 1.29 is 4.79 Å². The van der Waals surface area contributed by atoms with E-state index in [0.29, 0.717) is 23.7 Å². The quantitative estimate of drug-likeness (QED) is 0.421. The summed E-state index contributed by atoms with van der Waals surface area (Å²) in [4.78, 5) is 33.0. The van der Waals surface area contributed by atoms with Crippen molar-refractivity contribution in [3.63, 3.8) is 0 Å². The maximum atomic E-state index is 13.4. The lowest BCUT2D eigenvalue weighted by molar-refractivity contribution is -0.120. The molecule has 0 radical (unpaired) electrons. The molecule has 1 amide bonds. The molecule has 2 atom stereocenters. The second-order valence-electron chi connectivity index (χ2n) is 8.38. The number of aryl methyl sites for hydroxylation is 1. The number of carbonyl (C=O) groups excluding carboxylic acids is 1. The fraction of sp³-hybridized carbons (Fsp3) is 0.591. The van der Waals surface area contributed by atoms with E-state index in [1.807, 2.05) is 6.92 Å². The number of allylic oxidation sites excluding steroid dienone is 1. The molecule has 0 aliphatic heterocycles. The fourth-order valence-corrected chi connectivity index (χ4v) is 6.74. The van der Waals surface area contributed by atoms with Gasteiger partial charge >= 0.3 is 0 Å². The lowest BCUT2D eigenvalue weighted by Crippen LogP contribution is -2.38. The zero-order chi connectivity index (χ0) is 20.5. The van der Waals surface area contributed by atoms with Gasteiger partial charge in [0.05, 0.1) is 10.6 Å². The van der Waals surface area contributed by atoms with E-state index in [9.17, 15) is 9.59 Å². The van der Waals surface area contributed by atoms with Gasteiger partial charge in [0.15, 0.2) is 5.16 Å². The van der Waals surface area contributed by atoms with E-state index in [2.05, 4.69) is 18.8 Å². The van der Waals surface area contributed by atoms with Gasteiger partial charge in [-0.05, 0) is 50.5 Å². The van der Waals surface area contributed by atoms with Crippen LogP contribution in [0.5, 0.6) is 0 Å². The van der Waals surface area contributed by atoms with Crippen molar-refractivity contribution in [3.8, 4) is 0 Å². The first kappa shape index (κ1) is 20.7. The first-order chi connectivity index (χ1) is 14.0. The first-order valence-corrected chi connectivity index (χ1v) is 12.3. The molecule has 4 rings (SSSR count). The maximum absolute atomic E-state index is 13.4. The normalized spacial score (nSPS) is 20.6. The van der Waals surface area contributed by atoms with Crippen LogP contribution in [0.2, 0.25) is 0 Å². The number of amides is 1. The minimum absolute atomic E-state index is 0.00727. The highest BCUT2D eigenvalue weighted by Crippen LogP contribution is 2.37. The maximum Gasteiger partial charge on any atom is 0.263 e. The summed E-state index contributed by atoms with van der Waals surface area (Å²) >= 11 is 3.03.